The van der Waals surface area contributed by atoms with E-state index in [0.29, 0.717) is 0 Å². The van der Waals surface area contributed by atoms with E-state index in [0.717, 1.165) is 24.3 Å². The standard InChI is InChI=1S/C15H17ClO/c1-15(2)8-7-12(10-14(15)17)9-11-3-5-13(16)6-4-11/h3-6,10H,7-9H2,1-2H3. The zero-order valence-electron chi connectivity index (χ0n) is 10.3. The second kappa shape index (κ2) is 4.66. The first-order chi connectivity index (χ1) is 7.97. The minimum Gasteiger partial charge on any atom is -0.294 e. The van der Waals surface area contributed by atoms with Crippen LogP contribution in [0.2, 0.25) is 5.02 Å². The number of benzene rings is 1. The lowest BCUT2D eigenvalue weighted by Gasteiger charge is -2.27. The maximum Gasteiger partial charge on any atom is 0.161 e. The highest BCUT2D eigenvalue weighted by Gasteiger charge is 2.29. The van der Waals surface area contributed by atoms with Crippen molar-refractivity contribution >= 4 is 17.4 Å². The molecule has 0 N–H and O–H groups in total. The van der Waals surface area contributed by atoms with E-state index in [9.17, 15) is 4.79 Å². The quantitative estimate of drug-likeness (QED) is 0.767. The topological polar surface area (TPSA) is 17.1 Å². The Hall–Kier alpha value is -1.08. The summed E-state index contributed by atoms with van der Waals surface area (Å²) in [6.45, 7) is 4.04. The number of rotatable bonds is 2. The van der Waals surface area contributed by atoms with Crippen LogP contribution in [0, 0.1) is 5.41 Å². The molecule has 2 rings (SSSR count). The molecule has 17 heavy (non-hydrogen) atoms. The molecule has 2 heteroatoms. The van der Waals surface area contributed by atoms with E-state index in [1.54, 1.807) is 0 Å². The van der Waals surface area contributed by atoms with E-state index >= 15 is 0 Å². The van der Waals surface area contributed by atoms with Crippen LogP contribution in [-0.4, -0.2) is 5.78 Å². The largest absolute Gasteiger partial charge is 0.294 e. The molecule has 0 heterocycles. The molecule has 0 saturated heterocycles. The van der Waals surface area contributed by atoms with Gasteiger partial charge in [0.15, 0.2) is 5.78 Å². The van der Waals surface area contributed by atoms with Gasteiger partial charge in [0, 0.05) is 10.4 Å². The molecule has 0 amide bonds. The van der Waals surface area contributed by atoms with Crippen LogP contribution in [0.15, 0.2) is 35.9 Å². The van der Waals surface area contributed by atoms with E-state index in [2.05, 4.69) is 0 Å². The number of hydrogen-bond acceptors (Lipinski definition) is 1. The Bertz CT molecular complexity index is 454. The molecule has 1 aromatic rings. The minimum atomic E-state index is -0.177. The van der Waals surface area contributed by atoms with Gasteiger partial charge in [-0.1, -0.05) is 43.2 Å². The van der Waals surface area contributed by atoms with Gasteiger partial charge in [0.1, 0.15) is 0 Å². The van der Waals surface area contributed by atoms with Crippen molar-refractivity contribution in [3.05, 3.63) is 46.5 Å². The van der Waals surface area contributed by atoms with Gasteiger partial charge in [-0.15, -0.1) is 0 Å². The van der Waals surface area contributed by atoms with Gasteiger partial charge in [-0.2, -0.15) is 0 Å². The third kappa shape index (κ3) is 2.98. The highest BCUT2D eigenvalue weighted by atomic mass is 35.5. The maximum atomic E-state index is 11.9. The molecule has 0 unspecified atom stereocenters. The fraction of sp³-hybridized carbons (Fsp3) is 0.400. The Kier molecular flexibility index (Phi) is 3.39. The first kappa shape index (κ1) is 12.4. The zero-order valence-corrected chi connectivity index (χ0v) is 11.1. The number of halogens is 1. The Labute approximate surface area is 107 Å². The second-order valence-electron chi connectivity index (χ2n) is 5.35. The normalized spacial score (nSPS) is 19.0. The summed E-state index contributed by atoms with van der Waals surface area (Å²) in [7, 11) is 0. The van der Waals surface area contributed by atoms with Crippen molar-refractivity contribution in [2.24, 2.45) is 5.41 Å². The van der Waals surface area contributed by atoms with Crippen LogP contribution in [0.1, 0.15) is 32.3 Å². The van der Waals surface area contributed by atoms with Crippen LogP contribution in [0.25, 0.3) is 0 Å². The number of ketones is 1. The van der Waals surface area contributed by atoms with Crippen LogP contribution >= 0.6 is 11.6 Å². The van der Waals surface area contributed by atoms with Gasteiger partial charge < -0.3 is 0 Å². The summed E-state index contributed by atoms with van der Waals surface area (Å²) in [5, 5.41) is 0.753. The highest BCUT2D eigenvalue weighted by molar-refractivity contribution is 6.30. The van der Waals surface area contributed by atoms with Crippen LogP contribution in [-0.2, 0) is 11.2 Å². The Morgan fingerprint density at radius 3 is 2.47 bits per heavy atom. The number of carbonyl (C=O) groups excluding carboxylic acids is 1. The molecule has 1 aromatic carbocycles. The Balaban J connectivity index is 2.11. The van der Waals surface area contributed by atoms with Crippen molar-refractivity contribution in [3.63, 3.8) is 0 Å². The number of carbonyl (C=O) groups is 1. The van der Waals surface area contributed by atoms with E-state index in [4.69, 9.17) is 11.6 Å². The van der Waals surface area contributed by atoms with Crippen molar-refractivity contribution in [1.29, 1.82) is 0 Å². The summed E-state index contributed by atoms with van der Waals surface area (Å²) < 4.78 is 0. The van der Waals surface area contributed by atoms with Gasteiger partial charge in [-0.05, 0) is 43.0 Å². The summed E-state index contributed by atoms with van der Waals surface area (Å²) >= 11 is 5.85. The third-order valence-corrected chi connectivity index (χ3v) is 3.67. The van der Waals surface area contributed by atoms with Gasteiger partial charge in [0.05, 0.1) is 0 Å². The SMILES string of the molecule is CC1(C)CCC(Cc2ccc(Cl)cc2)=CC1=O. The number of hydrogen-bond donors (Lipinski definition) is 0. The Morgan fingerprint density at radius 1 is 1.24 bits per heavy atom. The Morgan fingerprint density at radius 2 is 1.88 bits per heavy atom. The van der Waals surface area contributed by atoms with Crippen LogP contribution in [0.5, 0.6) is 0 Å². The van der Waals surface area contributed by atoms with E-state index in [-0.39, 0.29) is 11.2 Å². The molecule has 1 aliphatic rings. The minimum absolute atomic E-state index is 0.177. The lowest BCUT2D eigenvalue weighted by molar-refractivity contribution is -0.123. The zero-order chi connectivity index (χ0) is 12.5. The fourth-order valence-electron chi connectivity index (χ4n) is 2.05. The average Bonchev–Trinajstić information content (AvgIpc) is 2.27. The molecule has 0 atom stereocenters. The smallest absolute Gasteiger partial charge is 0.161 e. The third-order valence-electron chi connectivity index (χ3n) is 3.42. The molecule has 0 saturated carbocycles. The summed E-state index contributed by atoms with van der Waals surface area (Å²) in [5.74, 6) is 0.257. The predicted molar refractivity (Wildman–Crippen MR) is 71.3 cm³/mol. The molecule has 0 fully saturated rings. The van der Waals surface area contributed by atoms with Crippen LogP contribution < -0.4 is 0 Å². The van der Waals surface area contributed by atoms with Gasteiger partial charge >= 0.3 is 0 Å². The van der Waals surface area contributed by atoms with E-state index in [1.165, 1.54) is 11.1 Å². The fourth-order valence-corrected chi connectivity index (χ4v) is 2.18. The predicted octanol–water partition coefficient (Wildman–Crippen LogP) is 4.20. The van der Waals surface area contributed by atoms with Crippen molar-refractivity contribution in [3.8, 4) is 0 Å². The van der Waals surface area contributed by atoms with Crippen molar-refractivity contribution < 1.29 is 4.79 Å². The lowest BCUT2D eigenvalue weighted by atomic mass is 9.76. The van der Waals surface area contributed by atoms with E-state index < -0.39 is 0 Å². The molecule has 0 bridgehead atoms. The van der Waals surface area contributed by atoms with E-state index in [1.807, 2.05) is 44.2 Å². The van der Waals surface area contributed by atoms with Crippen molar-refractivity contribution in [2.45, 2.75) is 33.1 Å². The van der Waals surface area contributed by atoms with Gasteiger partial charge in [-0.3, -0.25) is 4.79 Å². The molecule has 1 nitrogen and oxygen atoms in total. The molecule has 0 spiro atoms. The van der Waals surface area contributed by atoms with Crippen LogP contribution in [0.4, 0.5) is 0 Å². The molecule has 1 aliphatic carbocycles. The lowest BCUT2D eigenvalue weighted by Crippen LogP contribution is -2.26. The molecule has 0 aromatic heterocycles. The molecule has 0 radical (unpaired) electrons. The second-order valence-corrected chi connectivity index (χ2v) is 5.79. The molecule has 0 aliphatic heterocycles. The molecular formula is C15H17ClO. The first-order valence-electron chi connectivity index (χ1n) is 5.96. The summed E-state index contributed by atoms with van der Waals surface area (Å²) in [5.41, 5.74) is 2.27. The molecular weight excluding hydrogens is 232 g/mol. The summed E-state index contributed by atoms with van der Waals surface area (Å²) in [4.78, 5) is 11.9. The summed E-state index contributed by atoms with van der Waals surface area (Å²) in [6.07, 6.45) is 4.66. The number of allylic oxidation sites excluding steroid dienone is 2. The monoisotopic (exact) mass is 248 g/mol. The summed E-state index contributed by atoms with van der Waals surface area (Å²) in [6, 6.07) is 7.83. The van der Waals surface area contributed by atoms with Crippen molar-refractivity contribution in [2.75, 3.05) is 0 Å². The highest BCUT2D eigenvalue weighted by Crippen LogP contribution is 2.32. The average molecular weight is 249 g/mol. The van der Waals surface area contributed by atoms with Gasteiger partial charge in [0.2, 0.25) is 0 Å². The maximum absolute atomic E-state index is 11.9. The van der Waals surface area contributed by atoms with Gasteiger partial charge in [-0.25, -0.2) is 0 Å². The first-order valence-corrected chi connectivity index (χ1v) is 6.33. The van der Waals surface area contributed by atoms with Crippen LogP contribution in [0.3, 0.4) is 0 Å². The van der Waals surface area contributed by atoms with Crippen molar-refractivity contribution in [1.82, 2.24) is 0 Å². The van der Waals surface area contributed by atoms with Gasteiger partial charge in [0.25, 0.3) is 0 Å². The molecule has 90 valence electrons.